The van der Waals surface area contributed by atoms with E-state index >= 15 is 0 Å². The molecule has 130 valence electrons. The van der Waals surface area contributed by atoms with Crippen LogP contribution in [0.5, 0.6) is 0 Å². The monoisotopic (exact) mass is 318 g/mol. The Morgan fingerprint density at radius 2 is 1.61 bits per heavy atom. The maximum absolute atomic E-state index is 12.2. The maximum Gasteiger partial charge on any atom is 0.133 e. The van der Waals surface area contributed by atoms with E-state index < -0.39 is 0 Å². The second-order valence-electron chi connectivity index (χ2n) is 9.87. The number of ketones is 1. The fraction of sp³-hybridized carbons (Fsp3) is 0.952. The maximum atomic E-state index is 12.2. The number of fused-ring (bicyclic) bond motifs is 5. The standard InChI is InChI=1S/C21H34O2/c1-13(22)17-6-7-18-16-5-4-14-12-15(23)8-10-20(14,2)19(16)9-11-21(17,18)3/h14-19,23H,4-12H2,1-3H3/t14-,15-,16+,17-,18+,19+,20?,21?/m1/s1. The third kappa shape index (κ3) is 2.19. The first kappa shape index (κ1) is 16.1. The summed E-state index contributed by atoms with van der Waals surface area (Å²) in [6, 6.07) is 0. The molecule has 0 heterocycles. The number of aliphatic hydroxyl groups excluding tert-OH is 1. The van der Waals surface area contributed by atoms with E-state index in [-0.39, 0.29) is 11.5 Å². The van der Waals surface area contributed by atoms with Crippen molar-refractivity contribution >= 4 is 5.78 Å². The summed E-state index contributed by atoms with van der Waals surface area (Å²) in [5, 5.41) is 10.1. The molecule has 0 spiro atoms. The highest BCUT2D eigenvalue weighted by atomic mass is 16.3. The zero-order valence-electron chi connectivity index (χ0n) is 15.2. The highest BCUT2D eigenvalue weighted by Gasteiger charge is 2.60. The minimum absolute atomic E-state index is 0.0490. The number of rotatable bonds is 1. The Kier molecular flexibility index (Phi) is 3.72. The Morgan fingerprint density at radius 3 is 2.35 bits per heavy atom. The minimum Gasteiger partial charge on any atom is -0.393 e. The molecule has 0 saturated heterocycles. The molecule has 0 amide bonds. The van der Waals surface area contributed by atoms with E-state index in [0.29, 0.717) is 17.1 Å². The zero-order valence-corrected chi connectivity index (χ0v) is 15.2. The Balaban J connectivity index is 1.61. The summed E-state index contributed by atoms with van der Waals surface area (Å²) in [4.78, 5) is 12.2. The van der Waals surface area contributed by atoms with Crippen LogP contribution in [0.3, 0.4) is 0 Å². The third-order valence-electron chi connectivity index (χ3n) is 9.13. The first-order valence-electron chi connectivity index (χ1n) is 10.0. The molecular formula is C21H34O2. The SMILES string of the molecule is CC(=O)[C@H]1CC[C@H]2[C@@H]3CC[C@@H]4C[C@H](O)CCC4(C)[C@H]3CCC12C. The van der Waals surface area contributed by atoms with E-state index in [9.17, 15) is 9.90 Å². The van der Waals surface area contributed by atoms with Gasteiger partial charge in [-0.1, -0.05) is 13.8 Å². The van der Waals surface area contributed by atoms with Gasteiger partial charge in [0.2, 0.25) is 0 Å². The third-order valence-corrected chi connectivity index (χ3v) is 9.13. The number of carbonyl (C=O) groups is 1. The molecule has 23 heavy (non-hydrogen) atoms. The van der Waals surface area contributed by atoms with Crippen LogP contribution in [0, 0.1) is 40.4 Å². The fourth-order valence-corrected chi connectivity index (χ4v) is 7.90. The Labute approximate surface area is 141 Å². The molecule has 2 unspecified atom stereocenters. The van der Waals surface area contributed by atoms with Gasteiger partial charge in [0.05, 0.1) is 6.10 Å². The van der Waals surface area contributed by atoms with Gasteiger partial charge in [0.15, 0.2) is 0 Å². The summed E-state index contributed by atoms with van der Waals surface area (Å²) in [5.41, 5.74) is 0.738. The van der Waals surface area contributed by atoms with Gasteiger partial charge in [-0.3, -0.25) is 4.79 Å². The van der Waals surface area contributed by atoms with Gasteiger partial charge in [0.1, 0.15) is 5.78 Å². The summed E-state index contributed by atoms with van der Waals surface area (Å²) in [7, 11) is 0. The van der Waals surface area contributed by atoms with Crippen molar-refractivity contribution in [3.8, 4) is 0 Å². The van der Waals surface area contributed by atoms with Gasteiger partial charge in [-0.05, 0) is 99.2 Å². The van der Waals surface area contributed by atoms with Crippen LogP contribution >= 0.6 is 0 Å². The largest absolute Gasteiger partial charge is 0.393 e. The van der Waals surface area contributed by atoms with Gasteiger partial charge in [0.25, 0.3) is 0 Å². The summed E-state index contributed by atoms with van der Waals surface area (Å²) in [5.74, 6) is 3.97. The normalized spacial score (nSPS) is 55.7. The fourth-order valence-electron chi connectivity index (χ4n) is 7.90. The lowest BCUT2D eigenvalue weighted by molar-refractivity contribution is -0.138. The average Bonchev–Trinajstić information content (AvgIpc) is 2.85. The van der Waals surface area contributed by atoms with Crippen LogP contribution in [0.2, 0.25) is 0 Å². The molecule has 4 fully saturated rings. The van der Waals surface area contributed by atoms with Crippen LogP contribution in [-0.2, 0) is 4.79 Å². The molecule has 2 nitrogen and oxygen atoms in total. The van der Waals surface area contributed by atoms with Crippen LogP contribution in [0.4, 0.5) is 0 Å². The lowest BCUT2D eigenvalue weighted by Gasteiger charge is -2.60. The van der Waals surface area contributed by atoms with E-state index in [2.05, 4.69) is 13.8 Å². The van der Waals surface area contributed by atoms with E-state index in [0.717, 1.165) is 42.9 Å². The van der Waals surface area contributed by atoms with Crippen LogP contribution in [-0.4, -0.2) is 17.0 Å². The summed E-state index contributed by atoms with van der Waals surface area (Å²) >= 11 is 0. The summed E-state index contributed by atoms with van der Waals surface area (Å²) < 4.78 is 0. The predicted octanol–water partition coefficient (Wildman–Crippen LogP) is 4.60. The lowest BCUT2D eigenvalue weighted by atomic mass is 9.44. The van der Waals surface area contributed by atoms with Crippen LogP contribution in [0.25, 0.3) is 0 Å². The van der Waals surface area contributed by atoms with Gasteiger partial charge in [-0.25, -0.2) is 0 Å². The number of aliphatic hydroxyl groups is 1. The van der Waals surface area contributed by atoms with E-state index in [1.165, 1.54) is 38.5 Å². The molecular weight excluding hydrogens is 284 g/mol. The topological polar surface area (TPSA) is 37.3 Å². The van der Waals surface area contributed by atoms with Crippen LogP contribution < -0.4 is 0 Å². The second-order valence-corrected chi connectivity index (χ2v) is 9.87. The van der Waals surface area contributed by atoms with Gasteiger partial charge in [-0.2, -0.15) is 0 Å². The number of hydrogen-bond donors (Lipinski definition) is 1. The summed E-state index contributed by atoms with van der Waals surface area (Å²) in [6.45, 7) is 6.80. The molecule has 0 aromatic carbocycles. The molecule has 4 saturated carbocycles. The molecule has 0 aromatic rings. The number of Topliss-reactive ketones (excluding diaryl/α,β-unsaturated/α-hetero) is 1. The van der Waals surface area contributed by atoms with Gasteiger partial charge >= 0.3 is 0 Å². The highest BCUT2D eigenvalue weighted by Crippen LogP contribution is 2.67. The molecule has 2 heteroatoms. The quantitative estimate of drug-likeness (QED) is 0.767. The smallest absolute Gasteiger partial charge is 0.133 e. The van der Waals surface area contributed by atoms with Gasteiger partial charge < -0.3 is 5.11 Å². The molecule has 0 radical (unpaired) electrons. The van der Waals surface area contributed by atoms with Gasteiger partial charge in [-0.15, -0.1) is 0 Å². The molecule has 4 rings (SSSR count). The van der Waals surface area contributed by atoms with Crippen molar-refractivity contribution in [1.29, 1.82) is 0 Å². The van der Waals surface area contributed by atoms with E-state index in [1.54, 1.807) is 0 Å². The highest BCUT2D eigenvalue weighted by molar-refractivity contribution is 5.79. The van der Waals surface area contributed by atoms with Crippen LogP contribution in [0.1, 0.15) is 78.6 Å². The Hall–Kier alpha value is -0.370. The molecule has 4 aliphatic carbocycles. The first-order valence-corrected chi connectivity index (χ1v) is 10.0. The zero-order chi connectivity index (χ0) is 16.4. The van der Waals surface area contributed by atoms with Crippen molar-refractivity contribution in [3.63, 3.8) is 0 Å². The molecule has 1 N–H and O–H groups in total. The van der Waals surface area contributed by atoms with Crippen molar-refractivity contribution in [2.75, 3.05) is 0 Å². The molecule has 0 bridgehead atoms. The van der Waals surface area contributed by atoms with Crippen molar-refractivity contribution in [3.05, 3.63) is 0 Å². The van der Waals surface area contributed by atoms with Crippen molar-refractivity contribution < 1.29 is 9.90 Å². The molecule has 4 aliphatic rings. The van der Waals surface area contributed by atoms with Crippen molar-refractivity contribution in [1.82, 2.24) is 0 Å². The number of carbonyl (C=O) groups excluding carboxylic acids is 1. The minimum atomic E-state index is -0.0490. The Bertz CT molecular complexity index is 500. The second kappa shape index (κ2) is 5.31. The Morgan fingerprint density at radius 1 is 0.913 bits per heavy atom. The van der Waals surface area contributed by atoms with Crippen molar-refractivity contribution in [2.45, 2.75) is 84.7 Å². The first-order chi connectivity index (χ1) is 10.9. The van der Waals surface area contributed by atoms with Gasteiger partial charge in [0, 0.05) is 5.92 Å². The molecule has 8 atom stereocenters. The molecule has 0 aromatic heterocycles. The van der Waals surface area contributed by atoms with Crippen molar-refractivity contribution in [2.24, 2.45) is 40.4 Å². The lowest BCUT2D eigenvalue weighted by Crippen LogP contribution is -2.54. The van der Waals surface area contributed by atoms with E-state index in [4.69, 9.17) is 0 Å². The predicted molar refractivity (Wildman–Crippen MR) is 91.9 cm³/mol. The summed E-state index contributed by atoms with van der Waals surface area (Å²) in [6.07, 6.45) is 10.9. The molecule has 0 aliphatic heterocycles. The van der Waals surface area contributed by atoms with Crippen LogP contribution in [0.15, 0.2) is 0 Å². The average molecular weight is 319 g/mol. The number of hydrogen-bond acceptors (Lipinski definition) is 2. The van der Waals surface area contributed by atoms with E-state index in [1.807, 2.05) is 6.92 Å².